The van der Waals surface area contributed by atoms with E-state index in [1.54, 1.807) is 31.3 Å². The molecule has 1 aliphatic heterocycles. The van der Waals surface area contributed by atoms with Crippen LogP contribution in [0.2, 0.25) is 0 Å². The summed E-state index contributed by atoms with van der Waals surface area (Å²) in [6, 6.07) is 5.60. The summed E-state index contributed by atoms with van der Waals surface area (Å²) in [6.07, 6.45) is 10.3. The molecule has 3 aliphatic rings. The zero-order valence-electron chi connectivity index (χ0n) is 38.0. The maximum atomic E-state index is 13.7. The van der Waals surface area contributed by atoms with Crippen molar-refractivity contribution >= 4 is 59.2 Å². The van der Waals surface area contributed by atoms with Crippen LogP contribution in [0.15, 0.2) is 59.8 Å². The Bertz CT molecular complexity index is 2020. The number of nitrogens with zero attached hydrogens (tertiary/aromatic N) is 3. The molecule has 1 fully saturated rings. The normalized spacial score (nSPS) is 18.0. The second-order valence-corrected chi connectivity index (χ2v) is 16.8. The van der Waals surface area contributed by atoms with Crippen molar-refractivity contribution in [3.05, 3.63) is 65.4 Å². The van der Waals surface area contributed by atoms with Crippen LogP contribution in [-0.2, 0) is 44.9 Å². The second-order valence-electron chi connectivity index (χ2n) is 16.8. The molecule has 65 heavy (non-hydrogen) atoms. The lowest BCUT2D eigenvalue weighted by atomic mass is 9.97. The van der Waals surface area contributed by atoms with E-state index in [-0.39, 0.29) is 80.6 Å². The molecule has 354 valence electrons. The summed E-state index contributed by atoms with van der Waals surface area (Å²) in [5.41, 5.74) is 7.00. The quantitative estimate of drug-likeness (QED) is 0.0547. The Balaban J connectivity index is 1.22. The number of likely N-dealkylation sites (N-methyl/N-ethyl adjacent to an activating group) is 2. The highest BCUT2D eigenvalue weighted by molar-refractivity contribution is 6.12. The summed E-state index contributed by atoms with van der Waals surface area (Å²) < 4.78 is 5.58. The first-order chi connectivity index (χ1) is 30.9. The molecule has 2 aliphatic carbocycles. The van der Waals surface area contributed by atoms with Gasteiger partial charge < -0.3 is 42.4 Å². The molecular weight excluding hydrogens is 841 g/mol. The van der Waals surface area contributed by atoms with Crippen molar-refractivity contribution in [3.8, 4) is 0 Å². The van der Waals surface area contributed by atoms with Gasteiger partial charge in [-0.1, -0.05) is 44.1 Å². The van der Waals surface area contributed by atoms with E-state index in [9.17, 15) is 43.2 Å². The van der Waals surface area contributed by atoms with Crippen LogP contribution in [-0.4, -0.2) is 134 Å². The smallest absolute Gasteiger partial charge is 0.414 e. The molecule has 0 bridgehead atoms. The number of nitrogens with two attached hydrogens (primary N) is 1. The number of amides is 10. The maximum absolute atomic E-state index is 13.7. The number of urea groups is 1. The van der Waals surface area contributed by atoms with E-state index in [2.05, 4.69) is 31.9 Å². The number of ether oxygens (including phenoxy) is 1. The minimum absolute atomic E-state index is 0.0230. The van der Waals surface area contributed by atoms with Crippen molar-refractivity contribution in [2.45, 2.75) is 89.8 Å². The number of carbonyl (C=O) groups is 9. The van der Waals surface area contributed by atoms with E-state index in [0.29, 0.717) is 56.3 Å². The van der Waals surface area contributed by atoms with E-state index in [1.807, 2.05) is 37.9 Å². The molecule has 0 saturated heterocycles. The highest BCUT2D eigenvalue weighted by Gasteiger charge is 2.60. The van der Waals surface area contributed by atoms with E-state index < -0.39 is 35.5 Å². The van der Waals surface area contributed by atoms with Gasteiger partial charge in [0.15, 0.2) is 0 Å². The molecule has 0 radical (unpaired) electrons. The third kappa shape index (κ3) is 15.6. The standard InChI is InChI=1S/C45H64N10O10/c1-29(2)40(41(61)50-26-36(57)47-3)53(4)24-21-30-12-16-34(17-13-30)54(5)44(64)65-28-31-10-14-33(15-11-31)51-42(62)45(25-32(45)20-22-48-43(46)63)52-37(58)27-49-35(56)9-7-6-8-23-55-38(59)18-19-39(55)60/h10-12,14-16,18-19,29,32,40H,6-9,13,17,20-28H2,1-5H3,(H,47,57)(H,49,56)(H,50,61)(H,51,62)(H,52,58)(H3,46,48,63)/t32?,40-,45?/m0/s1. The number of hydrogen-bond acceptors (Lipinski definition) is 11. The Morgan fingerprint density at radius 3 is 2.20 bits per heavy atom. The maximum Gasteiger partial charge on any atom is 0.414 e. The molecule has 8 N–H and O–H groups in total. The molecule has 1 heterocycles. The highest BCUT2D eigenvalue weighted by Crippen LogP contribution is 2.46. The Morgan fingerprint density at radius 2 is 1.57 bits per heavy atom. The zero-order valence-corrected chi connectivity index (χ0v) is 38.0. The van der Waals surface area contributed by atoms with Crippen molar-refractivity contribution in [1.82, 2.24) is 41.3 Å². The number of hydrogen-bond donors (Lipinski definition) is 7. The van der Waals surface area contributed by atoms with Gasteiger partial charge in [0.25, 0.3) is 11.8 Å². The fourth-order valence-electron chi connectivity index (χ4n) is 7.75. The number of carbonyl (C=O) groups excluding carboxylic acids is 9. The van der Waals surface area contributed by atoms with Crippen molar-refractivity contribution in [2.24, 2.45) is 17.6 Å². The first-order valence-electron chi connectivity index (χ1n) is 22.0. The Kier molecular flexibility index (Phi) is 19.2. The molecule has 20 heteroatoms. The number of primary amides is 1. The minimum atomic E-state index is -1.29. The van der Waals surface area contributed by atoms with Crippen LogP contribution in [0, 0.1) is 11.8 Å². The zero-order chi connectivity index (χ0) is 47.7. The van der Waals surface area contributed by atoms with Gasteiger partial charge in [-0.15, -0.1) is 0 Å². The molecule has 1 aromatic rings. The Hall–Kier alpha value is -6.57. The number of rotatable bonds is 25. The molecular formula is C45H64N10O10. The van der Waals surface area contributed by atoms with E-state index in [0.717, 1.165) is 23.4 Å². The second kappa shape index (κ2) is 24.5. The van der Waals surface area contributed by atoms with Crippen LogP contribution in [0.5, 0.6) is 0 Å². The van der Waals surface area contributed by atoms with E-state index in [4.69, 9.17) is 10.5 Å². The molecule has 0 aromatic heterocycles. The van der Waals surface area contributed by atoms with Crippen LogP contribution in [0.1, 0.15) is 77.2 Å². The molecule has 10 amide bonds. The third-order valence-corrected chi connectivity index (χ3v) is 11.7. The summed E-state index contributed by atoms with van der Waals surface area (Å²) in [4.78, 5) is 116. The Morgan fingerprint density at radius 1 is 0.877 bits per heavy atom. The molecule has 2 unspecified atom stereocenters. The van der Waals surface area contributed by atoms with Gasteiger partial charge in [-0.2, -0.15) is 0 Å². The highest BCUT2D eigenvalue weighted by atomic mass is 16.6. The number of benzene rings is 1. The summed E-state index contributed by atoms with van der Waals surface area (Å²) in [5, 5.41) is 15.9. The van der Waals surface area contributed by atoms with Crippen molar-refractivity contribution in [3.63, 3.8) is 0 Å². The van der Waals surface area contributed by atoms with Gasteiger partial charge in [0.2, 0.25) is 29.5 Å². The monoisotopic (exact) mass is 904 g/mol. The van der Waals surface area contributed by atoms with Gasteiger partial charge in [-0.25, -0.2) is 9.59 Å². The largest absolute Gasteiger partial charge is 0.444 e. The van der Waals surface area contributed by atoms with Gasteiger partial charge in [-0.3, -0.25) is 48.3 Å². The summed E-state index contributed by atoms with van der Waals surface area (Å²) in [5.74, 6) is -2.85. The SMILES string of the molecule is CNC(=O)CNC(=O)[C@H](C(C)C)N(C)CCC1=CC=C(N(C)C(=O)OCc2ccc(NC(=O)C3(NC(=O)CNC(=O)CCCCCN4C(=O)C=CC4=O)CC3CCNC(N)=O)cc2)CC1. The summed E-state index contributed by atoms with van der Waals surface area (Å²) in [7, 11) is 5.06. The van der Waals surface area contributed by atoms with E-state index in [1.165, 1.54) is 29.7 Å². The summed E-state index contributed by atoms with van der Waals surface area (Å²) in [6.45, 7) is 4.58. The first-order valence-corrected chi connectivity index (χ1v) is 22.0. The molecule has 4 rings (SSSR count). The first kappa shape index (κ1) is 51.1. The van der Waals surface area contributed by atoms with Crippen molar-refractivity contribution in [2.75, 3.05) is 59.2 Å². The average molecular weight is 905 g/mol. The van der Waals surface area contributed by atoms with Crippen LogP contribution >= 0.6 is 0 Å². The molecule has 20 nitrogen and oxygen atoms in total. The lowest BCUT2D eigenvalue weighted by Crippen LogP contribution is -2.51. The topological polar surface area (TPSA) is 271 Å². The number of unbranched alkanes of at least 4 members (excludes halogenated alkanes) is 2. The van der Waals surface area contributed by atoms with E-state index >= 15 is 0 Å². The van der Waals surface area contributed by atoms with Crippen LogP contribution in [0.4, 0.5) is 15.3 Å². The summed E-state index contributed by atoms with van der Waals surface area (Å²) >= 11 is 0. The lowest BCUT2D eigenvalue weighted by molar-refractivity contribution is -0.137. The van der Waals surface area contributed by atoms with Gasteiger partial charge in [-0.05, 0) is 87.6 Å². The minimum Gasteiger partial charge on any atom is -0.444 e. The van der Waals surface area contributed by atoms with Crippen molar-refractivity contribution in [1.29, 1.82) is 0 Å². The molecule has 3 atom stereocenters. The van der Waals surface area contributed by atoms with Crippen LogP contribution < -0.4 is 37.6 Å². The van der Waals surface area contributed by atoms with Gasteiger partial charge in [0, 0.05) is 63.7 Å². The number of anilines is 1. The number of allylic oxidation sites excluding steroid dienone is 3. The van der Waals surface area contributed by atoms with Gasteiger partial charge in [0.1, 0.15) is 12.1 Å². The lowest BCUT2D eigenvalue weighted by Gasteiger charge is -2.30. The van der Waals surface area contributed by atoms with Gasteiger partial charge >= 0.3 is 12.1 Å². The number of imide groups is 1. The number of nitrogens with one attached hydrogen (secondary N) is 6. The molecule has 1 aromatic carbocycles. The fourth-order valence-corrected chi connectivity index (χ4v) is 7.75. The Labute approximate surface area is 379 Å². The van der Waals surface area contributed by atoms with Crippen molar-refractivity contribution < 1.29 is 47.9 Å². The van der Waals surface area contributed by atoms with Gasteiger partial charge in [0.05, 0.1) is 19.1 Å². The predicted octanol–water partition coefficient (Wildman–Crippen LogP) is 1.54. The molecule has 1 saturated carbocycles. The van der Waals surface area contributed by atoms with Crippen LogP contribution in [0.3, 0.4) is 0 Å². The predicted molar refractivity (Wildman–Crippen MR) is 240 cm³/mol. The average Bonchev–Trinajstić information content (AvgIpc) is 3.88. The fraction of sp³-hybridized carbons (Fsp3) is 0.533. The third-order valence-electron chi connectivity index (χ3n) is 11.7. The molecule has 0 spiro atoms. The van der Waals surface area contributed by atoms with Crippen LogP contribution in [0.25, 0.3) is 0 Å².